The number of ether oxygens (including phenoxy) is 5. The van der Waals surface area contributed by atoms with Gasteiger partial charge in [0, 0.05) is 25.0 Å². The van der Waals surface area contributed by atoms with Crippen LogP contribution in [0.5, 0.6) is 0 Å². The monoisotopic (exact) mass is 1010 g/mol. The van der Waals surface area contributed by atoms with Gasteiger partial charge in [-0.1, -0.05) is 6.92 Å². The summed E-state index contributed by atoms with van der Waals surface area (Å²) in [6, 6.07) is 0. The maximum absolute atomic E-state index is 12.1. The highest BCUT2D eigenvalue weighted by molar-refractivity contribution is 5.85. The minimum absolute atomic E-state index is 0.224. The van der Waals surface area contributed by atoms with Crippen LogP contribution < -0.4 is 0 Å². The summed E-state index contributed by atoms with van der Waals surface area (Å²) in [5.74, 6) is 19.4. The summed E-state index contributed by atoms with van der Waals surface area (Å²) in [7, 11) is 0. The lowest BCUT2D eigenvalue weighted by atomic mass is 9.49. The van der Waals surface area contributed by atoms with E-state index >= 15 is 0 Å². The van der Waals surface area contributed by atoms with Crippen LogP contribution in [-0.2, 0) is 28.5 Å². The molecular weight excluding hydrogens is 901 g/mol. The molecule has 20 rings (SSSR count). The highest BCUT2D eigenvalue weighted by Gasteiger charge is 2.59. The first-order chi connectivity index (χ1) is 35.1. The molecule has 6 nitrogen and oxygen atoms in total. The van der Waals surface area contributed by atoms with Crippen LogP contribution in [0.2, 0.25) is 0 Å². The van der Waals surface area contributed by atoms with Crippen LogP contribution in [-0.4, -0.2) is 67.3 Å². The fourth-order valence-corrected chi connectivity index (χ4v) is 23.1. The molecule has 0 N–H and O–H groups in total. The molecule has 0 spiro atoms. The van der Waals surface area contributed by atoms with E-state index in [1.807, 2.05) is 6.92 Å². The topological polar surface area (TPSA) is 63.2 Å². The molecule has 0 aromatic carbocycles. The first-order valence-electron chi connectivity index (χ1n) is 32.8. The number of carbonyl (C=O) groups excluding carboxylic acids is 1. The Morgan fingerprint density at radius 2 is 0.849 bits per heavy atom. The largest absolute Gasteiger partial charge is 0.381 e. The van der Waals surface area contributed by atoms with Crippen LogP contribution in [0.4, 0.5) is 0 Å². The number of hydrogen-bond donors (Lipinski definition) is 0. The zero-order chi connectivity index (χ0) is 50.9. The molecule has 0 saturated heterocycles. The van der Waals surface area contributed by atoms with Gasteiger partial charge in [0.1, 0.15) is 5.78 Å². The maximum atomic E-state index is 12.1. The van der Waals surface area contributed by atoms with Crippen molar-refractivity contribution in [2.45, 2.75) is 271 Å². The predicted molar refractivity (Wildman–Crippen MR) is 295 cm³/mol. The smallest absolute Gasteiger partial charge is 0.139 e. The van der Waals surface area contributed by atoms with Crippen LogP contribution >= 0.6 is 0 Å². The molecule has 0 aromatic heterocycles. The van der Waals surface area contributed by atoms with E-state index in [0.717, 1.165) is 126 Å². The van der Waals surface area contributed by atoms with Crippen LogP contribution in [0.3, 0.4) is 0 Å². The second-order valence-electron chi connectivity index (χ2n) is 30.5. The fourth-order valence-electron chi connectivity index (χ4n) is 23.1. The van der Waals surface area contributed by atoms with Crippen molar-refractivity contribution in [3.05, 3.63) is 0 Å². The first-order valence-corrected chi connectivity index (χ1v) is 32.8. The number of rotatable bonds is 12. The van der Waals surface area contributed by atoms with Gasteiger partial charge in [-0.2, -0.15) is 0 Å². The number of carbonyl (C=O) groups is 1. The molecule has 0 aromatic rings. The summed E-state index contributed by atoms with van der Waals surface area (Å²) in [6.07, 6.45) is 38.3. The molecule has 0 heterocycles. The summed E-state index contributed by atoms with van der Waals surface area (Å²) in [5, 5.41) is 0. The normalized spacial score (nSPS) is 50.7. The molecule has 20 aliphatic rings. The third kappa shape index (κ3) is 11.2. The van der Waals surface area contributed by atoms with Gasteiger partial charge in [-0.05, 0) is 335 Å². The number of hydrogen-bond acceptors (Lipinski definition) is 6. The van der Waals surface area contributed by atoms with Crippen LogP contribution in [0.1, 0.15) is 230 Å². The molecule has 0 aliphatic heterocycles. The molecule has 20 saturated carbocycles. The van der Waals surface area contributed by atoms with Crippen LogP contribution in [0.15, 0.2) is 0 Å². The molecule has 6 heteroatoms. The summed E-state index contributed by atoms with van der Waals surface area (Å²) >= 11 is 0. The van der Waals surface area contributed by atoms with Crippen LogP contribution in [0.25, 0.3) is 0 Å². The van der Waals surface area contributed by atoms with Crippen molar-refractivity contribution < 1.29 is 28.5 Å². The SMILES string of the molecule is CC(C)OC1(C)C2CC3CC(C2)CC1C3.CC(C)OC1C2CC3CC(C2)CC1C3.CCC1(OC(C)C)C2CC3CC(C2)CC1C3.CCOC1C2CC3CC(C2)CC1C3.CCOCC1C2CC3CC(C2)C(=O)C1C3. The average molecular weight is 1010 g/mol. The van der Waals surface area contributed by atoms with Crippen molar-refractivity contribution in [2.24, 2.45) is 124 Å². The molecular formula is C67H112O6. The van der Waals surface area contributed by atoms with Gasteiger partial charge >= 0.3 is 0 Å². The molecule has 0 radical (unpaired) electrons. The molecule has 5 unspecified atom stereocenters. The summed E-state index contributed by atoms with van der Waals surface area (Å²) < 4.78 is 30.4. The lowest BCUT2D eigenvalue weighted by molar-refractivity contribution is -0.221. The molecule has 0 amide bonds. The van der Waals surface area contributed by atoms with E-state index in [9.17, 15) is 4.79 Å². The van der Waals surface area contributed by atoms with E-state index in [1.165, 1.54) is 148 Å². The zero-order valence-corrected chi connectivity index (χ0v) is 48.8. The molecule has 20 fully saturated rings. The van der Waals surface area contributed by atoms with Crippen molar-refractivity contribution in [1.82, 2.24) is 0 Å². The lowest BCUT2D eigenvalue weighted by Crippen LogP contribution is -2.59. The molecule has 416 valence electrons. The van der Waals surface area contributed by atoms with Crippen molar-refractivity contribution in [3.63, 3.8) is 0 Å². The van der Waals surface area contributed by atoms with E-state index < -0.39 is 0 Å². The minimum Gasteiger partial charge on any atom is -0.381 e. The van der Waals surface area contributed by atoms with Gasteiger partial charge in [0.05, 0.1) is 48.3 Å². The molecule has 5 atom stereocenters. The van der Waals surface area contributed by atoms with E-state index in [0.29, 0.717) is 54.1 Å². The Bertz CT molecular complexity index is 1700. The quantitative estimate of drug-likeness (QED) is 0.194. The van der Waals surface area contributed by atoms with Gasteiger partial charge in [-0.25, -0.2) is 0 Å². The van der Waals surface area contributed by atoms with Gasteiger partial charge in [-0.15, -0.1) is 0 Å². The average Bonchev–Trinajstić information content (AvgIpc) is 3.33. The van der Waals surface area contributed by atoms with E-state index in [4.69, 9.17) is 23.7 Å². The molecule has 73 heavy (non-hydrogen) atoms. The number of ketones is 1. The second-order valence-corrected chi connectivity index (χ2v) is 30.5. The van der Waals surface area contributed by atoms with Crippen LogP contribution in [0, 0.1) is 124 Å². The predicted octanol–water partition coefficient (Wildman–Crippen LogP) is 16.0. The van der Waals surface area contributed by atoms with E-state index in [-0.39, 0.29) is 11.2 Å². The highest BCUT2D eigenvalue weighted by atomic mass is 16.5. The zero-order valence-electron chi connectivity index (χ0n) is 48.8. The van der Waals surface area contributed by atoms with Crippen molar-refractivity contribution >= 4 is 5.78 Å². The van der Waals surface area contributed by atoms with Gasteiger partial charge in [-0.3, -0.25) is 4.79 Å². The number of Topliss-reactive ketones (excluding diaryl/α,β-unsaturated/α-hetero) is 1. The molecule has 20 bridgehead atoms. The Hall–Kier alpha value is -0.530. The highest BCUT2D eigenvalue weighted by Crippen LogP contribution is 2.63. The third-order valence-corrected chi connectivity index (χ3v) is 24.7. The summed E-state index contributed by atoms with van der Waals surface area (Å²) in [4.78, 5) is 12.1. The minimum atomic E-state index is 0.224. The van der Waals surface area contributed by atoms with Gasteiger partial charge in [0.15, 0.2) is 0 Å². The Morgan fingerprint density at radius 1 is 0.438 bits per heavy atom. The maximum Gasteiger partial charge on any atom is 0.139 e. The Morgan fingerprint density at radius 3 is 1.26 bits per heavy atom. The standard InChI is InChI=1S/C15H26O.C14H24O.C13H20O2.C13H22O.C12H20O/c1-4-15(16-10(2)3)13-6-11-5-12(8-13)9-14(15)7-11;1-9(2)15-14(3)12-5-10-4-11(7-12)8-13(14)6-10;1-2-15-7-12-9-3-8-4-10(6-9)13(14)11(12)5-8;1-8(2)14-13-11-4-9-3-10(6-11)7-12(13)5-9;1-2-13-12-10-4-8-3-9(6-10)7-11(12)5-8/h10-14H,4-9H2,1-3H3;9-13H,4-8H2,1-3H3;8-12H,2-7H2,1H3;8-13H,3-7H2,1-2H3;8-12H,2-7H2,1H3. The Kier molecular flexibility index (Phi) is 16.8. The van der Waals surface area contributed by atoms with Crippen molar-refractivity contribution in [3.8, 4) is 0 Å². The third-order valence-electron chi connectivity index (χ3n) is 24.7. The van der Waals surface area contributed by atoms with E-state index in [2.05, 4.69) is 62.3 Å². The first kappa shape index (κ1) is 54.4. The summed E-state index contributed by atoms with van der Waals surface area (Å²) in [5.41, 5.74) is 0.489. The molecule has 20 aliphatic carbocycles. The van der Waals surface area contributed by atoms with Crippen molar-refractivity contribution in [1.29, 1.82) is 0 Å². The van der Waals surface area contributed by atoms with Gasteiger partial charge in [0.2, 0.25) is 0 Å². The van der Waals surface area contributed by atoms with Gasteiger partial charge < -0.3 is 23.7 Å². The lowest BCUT2D eigenvalue weighted by Gasteiger charge is -2.61. The Labute approximate surface area is 447 Å². The summed E-state index contributed by atoms with van der Waals surface area (Å²) in [6.45, 7) is 24.7. The fraction of sp³-hybridized carbons (Fsp3) is 0.985. The second kappa shape index (κ2) is 22.5. The Balaban J connectivity index is 0.0000000984. The van der Waals surface area contributed by atoms with Crippen molar-refractivity contribution in [2.75, 3.05) is 19.8 Å². The van der Waals surface area contributed by atoms with Gasteiger partial charge in [0.25, 0.3) is 0 Å². The van der Waals surface area contributed by atoms with E-state index in [1.54, 1.807) is 12.8 Å².